The fourth-order valence-corrected chi connectivity index (χ4v) is 0.828. The van der Waals surface area contributed by atoms with Crippen LogP contribution in [0.25, 0.3) is 0 Å². The normalized spacial score (nSPS) is 11.4. The Balaban J connectivity index is 3.02. The Morgan fingerprint density at radius 1 is 1.77 bits per heavy atom. The molecule has 0 atom stereocenters. The Bertz CT molecular complexity index is 343. The average Bonchev–Trinajstić information content (AvgIpc) is 2.46. The number of aryl methyl sites for hydroxylation is 1. The lowest BCUT2D eigenvalue weighted by Gasteiger charge is -1.94. The van der Waals surface area contributed by atoms with E-state index in [9.17, 15) is 4.79 Å². The summed E-state index contributed by atoms with van der Waals surface area (Å²) in [7, 11) is 2.97. The van der Waals surface area contributed by atoms with E-state index in [2.05, 4.69) is 15.1 Å². The molecule has 1 aromatic heterocycles. The van der Waals surface area contributed by atoms with Crippen LogP contribution in [-0.2, 0) is 16.7 Å². The minimum absolute atomic E-state index is 0.205. The highest BCUT2D eigenvalue weighted by Crippen LogP contribution is 1.98. The number of carboxylic acid groups (broad SMARTS) is 1. The predicted molar refractivity (Wildman–Crippen MR) is 44.4 cm³/mol. The highest BCUT2D eigenvalue weighted by Gasteiger charge is 2.15. The quantitative estimate of drug-likeness (QED) is 0.522. The molecule has 0 saturated carbocycles. The molecule has 0 aromatic carbocycles. The molecule has 0 aliphatic heterocycles. The van der Waals surface area contributed by atoms with Crippen LogP contribution in [0.3, 0.4) is 0 Å². The SMILES string of the molecule is CON=C(C(=O)O)c1ccn(C)n1. The van der Waals surface area contributed by atoms with Gasteiger partial charge >= 0.3 is 5.97 Å². The van der Waals surface area contributed by atoms with Crippen LogP contribution in [0.2, 0.25) is 0 Å². The maximum atomic E-state index is 10.6. The molecule has 1 heterocycles. The topological polar surface area (TPSA) is 76.7 Å². The van der Waals surface area contributed by atoms with Gasteiger partial charge < -0.3 is 9.94 Å². The molecule has 1 rings (SSSR count). The van der Waals surface area contributed by atoms with Crippen LogP contribution >= 0.6 is 0 Å². The Morgan fingerprint density at radius 3 is 2.85 bits per heavy atom. The van der Waals surface area contributed by atoms with E-state index < -0.39 is 5.97 Å². The van der Waals surface area contributed by atoms with E-state index in [0.717, 1.165) is 0 Å². The van der Waals surface area contributed by atoms with E-state index in [4.69, 9.17) is 5.11 Å². The molecule has 0 bridgehead atoms. The molecule has 0 spiro atoms. The molecule has 0 saturated heterocycles. The van der Waals surface area contributed by atoms with Crippen molar-refractivity contribution >= 4 is 11.7 Å². The Morgan fingerprint density at radius 2 is 2.46 bits per heavy atom. The Hall–Kier alpha value is -1.85. The van der Waals surface area contributed by atoms with E-state index in [1.807, 2.05) is 0 Å². The monoisotopic (exact) mass is 183 g/mol. The molecular weight excluding hydrogens is 174 g/mol. The summed E-state index contributed by atoms with van der Waals surface area (Å²) < 4.78 is 1.49. The van der Waals surface area contributed by atoms with E-state index in [1.165, 1.54) is 11.8 Å². The summed E-state index contributed by atoms with van der Waals surface area (Å²) in [5, 5.41) is 15.9. The summed E-state index contributed by atoms with van der Waals surface area (Å²) in [5.74, 6) is -1.17. The zero-order valence-corrected chi connectivity index (χ0v) is 7.26. The van der Waals surface area contributed by atoms with Gasteiger partial charge in [0.1, 0.15) is 12.8 Å². The average molecular weight is 183 g/mol. The second kappa shape index (κ2) is 3.70. The van der Waals surface area contributed by atoms with Crippen molar-refractivity contribution in [2.45, 2.75) is 0 Å². The van der Waals surface area contributed by atoms with Crippen LogP contribution in [0, 0.1) is 0 Å². The number of carbonyl (C=O) groups is 1. The number of carboxylic acids is 1. The molecular formula is C7H9N3O3. The summed E-state index contributed by atoms with van der Waals surface area (Å²) in [6.07, 6.45) is 1.63. The van der Waals surface area contributed by atoms with Crippen molar-refractivity contribution in [2.75, 3.05) is 7.11 Å². The second-order valence-corrected chi connectivity index (χ2v) is 2.30. The lowest BCUT2D eigenvalue weighted by molar-refractivity contribution is -0.129. The van der Waals surface area contributed by atoms with Crippen LogP contribution in [0.5, 0.6) is 0 Å². The number of hydrogen-bond acceptors (Lipinski definition) is 4. The molecule has 0 aliphatic rings. The minimum atomic E-state index is -1.17. The van der Waals surface area contributed by atoms with Crippen LogP contribution in [0.15, 0.2) is 17.4 Å². The van der Waals surface area contributed by atoms with Crippen LogP contribution in [0.1, 0.15) is 5.69 Å². The minimum Gasteiger partial charge on any atom is -0.476 e. The molecule has 0 aliphatic carbocycles. The van der Waals surface area contributed by atoms with Gasteiger partial charge in [-0.15, -0.1) is 0 Å². The van der Waals surface area contributed by atoms with Crippen LogP contribution < -0.4 is 0 Å². The lowest BCUT2D eigenvalue weighted by atomic mass is 10.3. The lowest BCUT2D eigenvalue weighted by Crippen LogP contribution is -2.15. The van der Waals surface area contributed by atoms with Crippen molar-refractivity contribution in [1.82, 2.24) is 9.78 Å². The third kappa shape index (κ3) is 2.05. The van der Waals surface area contributed by atoms with Gasteiger partial charge in [-0.2, -0.15) is 5.10 Å². The maximum absolute atomic E-state index is 10.6. The molecule has 1 aromatic rings. The summed E-state index contributed by atoms with van der Waals surface area (Å²) in [6, 6.07) is 1.55. The van der Waals surface area contributed by atoms with E-state index in [0.29, 0.717) is 0 Å². The molecule has 13 heavy (non-hydrogen) atoms. The van der Waals surface area contributed by atoms with Gasteiger partial charge in [0.05, 0.1) is 0 Å². The van der Waals surface area contributed by atoms with E-state index in [-0.39, 0.29) is 11.4 Å². The van der Waals surface area contributed by atoms with Gasteiger partial charge in [0.2, 0.25) is 5.71 Å². The Labute approximate surface area is 74.4 Å². The molecule has 0 unspecified atom stereocenters. The first-order valence-corrected chi connectivity index (χ1v) is 3.49. The predicted octanol–water partition coefficient (Wildman–Crippen LogP) is -0.145. The standard InChI is InChI=1S/C7H9N3O3/c1-10-4-3-5(8-10)6(7(11)12)9-13-2/h3-4H,1-2H3,(H,11,12). The first-order valence-electron chi connectivity index (χ1n) is 3.49. The molecule has 0 amide bonds. The van der Waals surface area contributed by atoms with Gasteiger partial charge in [-0.3, -0.25) is 4.68 Å². The number of oxime groups is 1. The van der Waals surface area contributed by atoms with Crippen molar-refractivity contribution in [2.24, 2.45) is 12.2 Å². The molecule has 70 valence electrons. The first-order chi connectivity index (χ1) is 6.15. The molecule has 6 nitrogen and oxygen atoms in total. The van der Waals surface area contributed by atoms with Gasteiger partial charge in [-0.05, 0) is 6.07 Å². The molecule has 6 heteroatoms. The van der Waals surface area contributed by atoms with Gasteiger partial charge in [0.25, 0.3) is 0 Å². The molecule has 0 radical (unpaired) electrons. The fourth-order valence-electron chi connectivity index (χ4n) is 0.828. The third-order valence-electron chi connectivity index (χ3n) is 1.34. The summed E-state index contributed by atoms with van der Waals surface area (Å²) in [6.45, 7) is 0. The van der Waals surface area contributed by atoms with Crippen molar-refractivity contribution in [3.8, 4) is 0 Å². The van der Waals surface area contributed by atoms with Crippen LogP contribution in [0.4, 0.5) is 0 Å². The second-order valence-electron chi connectivity index (χ2n) is 2.30. The van der Waals surface area contributed by atoms with Crippen LogP contribution in [-0.4, -0.2) is 33.7 Å². The van der Waals surface area contributed by atoms with Crippen molar-refractivity contribution in [3.63, 3.8) is 0 Å². The van der Waals surface area contributed by atoms with Gasteiger partial charge in [-0.25, -0.2) is 4.79 Å². The van der Waals surface area contributed by atoms with E-state index >= 15 is 0 Å². The summed E-state index contributed by atoms with van der Waals surface area (Å²) in [5.41, 5.74) is 0.0694. The highest BCUT2D eigenvalue weighted by molar-refractivity contribution is 6.41. The number of rotatable bonds is 3. The van der Waals surface area contributed by atoms with Gasteiger partial charge in [0, 0.05) is 13.2 Å². The van der Waals surface area contributed by atoms with E-state index in [1.54, 1.807) is 19.3 Å². The first kappa shape index (κ1) is 9.24. The third-order valence-corrected chi connectivity index (χ3v) is 1.34. The summed E-state index contributed by atoms with van der Waals surface area (Å²) >= 11 is 0. The number of aliphatic carboxylic acids is 1. The molecule has 0 fully saturated rings. The van der Waals surface area contributed by atoms with Gasteiger partial charge in [-0.1, -0.05) is 5.16 Å². The van der Waals surface area contributed by atoms with Crippen molar-refractivity contribution < 1.29 is 14.7 Å². The highest BCUT2D eigenvalue weighted by atomic mass is 16.6. The van der Waals surface area contributed by atoms with Crippen molar-refractivity contribution in [1.29, 1.82) is 0 Å². The fraction of sp³-hybridized carbons (Fsp3) is 0.286. The maximum Gasteiger partial charge on any atom is 0.360 e. The largest absolute Gasteiger partial charge is 0.476 e. The number of aromatic nitrogens is 2. The zero-order valence-electron chi connectivity index (χ0n) is 7.26. The number of hydrogen-bond donors (Lipinski definition) is 1. The van der Waals surface area contributed by atoms with Crippen molar-refractivity contribution in [3.05, 3.63) is 18.0 Å². The Kier molecular flexibility index (Phi) is 2.63. The number of nitrogens with zero attached hydrogens (tertiary/aromatic N) is 3. The van der Waals surface area contributed by atoms with Gasteiger partial charge in [0.15, 0.2) is 0 Å². The smallest absolute Gasteiger partial charge is 0.360 e. The molecule has 1 N–H and O–H groups in total. The summed E-state index contributed by atoms with van der Waals surface area (Å²) in [4.78, 5) is 15.0. The zero-order chi connectivity index (χ0) is 9.84.